The summed E-state index contributed by atoms with van der Waals surface area (Å²) in [5.41, 5.74) is 2.74. The van der Waals surface area contributed by atoms with Crippen LogP contribution in [0.25, 0.3) is 11.3 Å². The van der Waals surface area contributed by atoms with E-state index in [1.807, 2.05) is 29.6 Å². The highest BCUT2D eigenvalue weighted by atomic mass is 35.5. The van der Waals surface area contributed by atoms with Crippen molar-refractivity contribution in [1.29, 1.82) is 0 Å². The number of anilines is 1. The summed E-state index contributed by atoms with van der Waals surface area (Å²) < 4.78 is 5.53. The minimum atomic E-state index is -0.162. The van der Waals surface area contributed by atoms with E-state index in [4.69, 9.17) is 16.3 Å². The Balaban J connectivity index is 1.48. The fraction of sp³-hybridized carbons (Fsp3) is 0.190. The third-order valence-electron chi connectivity index (χ3n) is 3.95. The SMILES string of the molecule is CC(=O)NCc1ccc(-c2csc(NC(=O)CCOc3ccc(Cl)cc3)n2)cc1. The lowest BCUT2D eigenvalue weighted by molar-refractivity contribution is -0.119. The standard InChI is InChI=1S/C21H20ClN3O3S/c1-14(26)23-12-15-2-4-16(5-3-15)19-13-29-21(24-19)25-20(27)10-11-28-18-8-6-17(22)7-9-18/h2-9,13H,10-12H2,1H3,(H,23,26)(H,24,25,27). The first-order valence-corrected chi connectivity index (χ1v) is 10.2. The van der Waals surface area contributed by atoms with Gasteiger partial charge in [0.2, 0.25) is 11.8 Å². The molecule has 1 heterocycles. The van der Waals surface area contributed by atoms with Crippen molar-refractivity contribution in [2.45, 2.75) is 19.9 Å². The first-order chi connectivity index (χ1) is 14.0. The van der Waals surface area contributed by atoms with Crippen LogP contribution in [0.15, 0.2) is 53.9 Å². The van der Waals surface area contributed by atoms with E-state index in [0.717, 1.165) is 16.8 Å². The number of thiazole rings is 1. The molecule has 0 radical (unpaired) electrons. The summed E-state index contributed by atoms with van der Waals surface area (Å²) in [6, 6.07) is 14.8. The molecule has 2 N–H and O–H groups in total. The molecule has 0 bridgehead atoms. The minimum absolute atomic E-state index is 0.0625. The summed E-state index contributed by atoms with van der Waals surface area (Å²) in [4.78, 5) is 27.5. The van der Waals surface area contributed by atoms with Crippen molar-refractivity contribution >= 4 is 39.9 Å². The lowest BCUT2D eigenvalue weighted by Gasteiger charge is -2.06. The summed E-state index contributed by atoms with van der Waals surface area (Å²) in [5.74, 6) is 0.443. The molecule has 1 aromatic heterocycles. The van der Waals surface area contributed by atoms with Gasteiger partial charge in [-0.25, -0.2) is 4.98 Å². The number of nitrogens with one attached hydrogen (secondary N) is 2. The molecule has 0 aliphatic carbocycles. The molecule has 29 heavy (non-hydrogen) atoms. The summed E-state index contributed by atoms with van der Waals surface area (Å²) >= 11 is 7.19. The van der Waals surface area contributed by atoms with Crippen molar-refractivity contribution in [2.24, 2.45) is 0 Å². The normalized spacial score (nSPS) is 10.4. The number of hydrogen-bond donors (Lipinski definition) is 2. The van der Waals surface area contributed by atoms with Gasteiger partial charge in [-0.3, -0.25) is 9.59 Å². The zero-order valence-electron chi connectivity index (χ0n) is 15.8. The van der Waals surface area contributed by atoms with Crippen LogP contribution in [0, 0.1) is 0 Å². The molecule has 0 saturated heterocycles. The van der Waals surface area contributed by atoms with Crippen LogP contribution in [0.3, 0.4) is 0 Å². The maximum atomic E-state index is 12.1. The summed E-state index contributed by atoms with van der Waals surface area (Å²) in [6.45, 7) is 2.25. The first-order valence-electron chi connectivity index (χ1n) is 8.97. The fourth-order valence-corrected chi connectivity index (χ4v) is 3.32. The number of hydrogen-bond acceptors (Lipinski definition) is 5. The maximum Gasteiger partial charge on any atom is 0.229 e. The van der Waals surface area contributed by atoms with E-state index in [1.165, 1.54) is 18.3 Å². The number of carbonyl (C=O) groups is 2. The zero-order chi connectivity index (χ0) is 20.6. The molecule has 0 atom stereocenters. The van der Waals surface area contributed by atoms with Crippen LogP contribution in [-0.2, 0) is 16.1 Å². The van der Waals surface area contributed by atoms with Gasteiger partial charge in [-0.15, -0.1) is 11.3 Å². The van der Waals surface area contributed by atoms with E-state index in [0.29, 0.717) is 22.4 Å². The van der Waals surface area contributed by atoms with Gasteiger partial charge in [-0.2, -0.15) is 0 Å². The van der Waals surface area contributed by atoms with E-state index in [1.54, 1.807) is 24.3 Å². The number of rotatable bonds is 8. The summed E-state index contributed by atoms with van der Waals surface area (Å²) in [7, 11) is 0. The molecule has 0 saturated carbocycles. The highest BCUT2D eigenvalue weighted by molar-refractivity contribution is 7.14. The fourth-order valence-electron chi connectivity index (χ4n) is 2.46. The molecule has 2 aromatic carbocycles. The topological polar surface area (TPSA) is 80.3 Å². The predicted molar refractivity (Wildman–Crippen MR) is 115 cm³/mol. The predicted octanol–water partition coefficient (Wildman–Crippen LogP) is 4.51. The Morgan fingerprint density at radius 2 is 1.83 bits per heavy atom. The van der Waals surface area contributed by atoms with Crippen molar-refractivity contribution in [3.63, 3.8) is 0 Å². The Hall–Kier alpha value is -2.90. The van der Waals surface area contributed by atoms with Crippen molar-refractivity contribution in [3.8, 4) is 17.0 Å². The maximum absolute atomic E-state index is 12.1. The van der Waals surface area contributed by atoms with Crippen LogP contribution in [-0.4, -0.2) is 23.4 Å². The van der Waals surface area contributed by atoms with E-state index in [2.05, 4.69) is 15.6 Å². The van der Waals surface area contributed by atoms with Gasteiger partial charge in [-0.05, 0) is 29.8 Å². The molecular formula is C21H20ClN3O3S. The van der Waals surface area contributed by atoms with Crippen LogP contribution in [0.4, 0.5) is 5.13 Å². The molecule has 0 fully saturated rings. The van der Waals surface area contributed by atoms with Crippen molar-refractivity contribution in [3.05, 3.63) is 64.5 Å². The highest BCUT2D eigenvalue weighted by Gasteiger charge is 2.09. The number of benzene rings is 2. The molecule has 3 aromatic rings. The molecule has 150 valence electrons. The van der Waals surface area contributed by atoms with Crippen LogP contribution in [0.5, 0.6) is 5.75 Å². The molecule has 2 amide bonds. The highest BCUT2D eigenvalue weighted by Crippen LogP contribution is 2.25. The molecular weight excluding hydrogens is 410 g/mol. The van der Waals surface area contributed by atoms with E-state index < -0.39 is 0 Å². The van der Waals surface area contributed by atoms with Gasteiger partial charge in [0.25, 0.3) is 0 Å². The van der Waals surface area contributed by atoms with E-state index >= 15 is 0 Å². The molecule has 0 aliphatic heterocycles. The van der Waals surface area contributed by atoms with E-state index in [9.17, 15) is 9.59 Å². The van der Waals surface area contributed by atoms with Crippen LogP contribution in [0.2, 0.25) is 5.02 Å². The molecule has 0 unspecified atom stereocenters. The molecule has 0 aliphatic rings. The number of ether oxygens (including phenoxy) is 1. The third-order valence-corrected chi connectivity index (χ3v) is 4.96. The zero-order valence-corrected chi connectivity index (χ0v) is 17.3. The van der Waals surface area contributed by atoms with Gasteiger partial charge < -0.3 is 15.4 Å². The lowest BCUT2D eigenvalue weighted by Crippen LogP contribution is -2.18. The monoisotopic (exact) mass is 429 g/mol. The van der Waals surface area contributed by atoms with Crippen LogP contribution >= 0.6 is 22.9 Å². The van der Waals surface area contributed by atoms with Gasteiger partial charge in [-0.1, -0.05) is 35.9 Å². The average molecular weight is 430 g/mol. The molecule has 3 rings (SSSR count). The first kappa shape index (κ1) is 20.8. The minimum Gasteiger partial charge on any atom is -0.493 e. The Morgan fingerprint density at radius 3 is 2.52 bits per heavy atom. The molecule has 0 spiro atoms. The van der Waals surface area contributed by atoms with Crippen molar-refractivity contribution in [2.75, 3.05) is 11.9 Å². The largest absolute Gasteiger partial charge is 0.493 e. The second-order valence-corrected chi connectivity index (χ2v) is 7.54. The third kappa shape index (κ3) is 6.58. The van der Waals surface area contributed by atoms with Gasteiger partial charge in [0.1, 0.15) is 5.75 Å². The van der Waals surface area contributed by atoms with Gasteiger partial charge in [0.15, 0.2) is 5.13 Å². The van der Waals surface area contributed by atoms with Crippen LogP contribution < -0.4 is 15.4 Å². The van der Waals surface area contributed by atoms with Crippen molar-refractivity contribution < 1.29 is 14.3 Å². The quantitative estimate of drug-likeness (QED) is 0.552. The van der Waals surface area contributed by atoms with Crippen LogP contribution in [0.1, 0.15) is 18.9 Å². The number of carbonyl (C=O) groups excluding carboxylic acids is 2. The summed E-state index contributed by atoms with van der Waals surface area (Å²) in [5, 5.41) is 8.62. The Kier molecular flexibility index (Phi) is 7.21. The second kappa shape index (κ2) is 10.0. The van der Waals surface area contributed by atoms with Gasteiger partial charge in [0, 0.05) is 29.4 Å². The summed E-state index contributed by atoms with van der Waals surface area (Å²) in [6.07, 6.45) is 0.218. The van der Waals surface area contributed by atoms with E-state index in [-0.39, 0.29) is 24.8 Å². The number of halogens is 1. The van der Waals surface area contributed by atoms with Gasteiger partial charge in [0.05, 0.1) is 18.7 Å². The number of amides is 2. The molecule has 8 heteroatoms. The Morgan fingerprint density at radius 1 is 1.10 bits per heavy atom. The Bertz CT molecular complexity index is 972. The van der Waals surface area contributed by atoms with Crippen molar-refractivity contribution in [1.82, 2.24) is 10.3 Å². The lowest BCUT2D eigenvalue weighted by atomic mass is 10.1. The number of nitrogens with zero attached hydrogens (tertiary/aromatic N) is 1. The average Bonchev–Trinajstić information content (AvgIpc) is 3.16. The number of aromatic nitrogens is 1. The Labute approximate surface area is 177 Å². The van der Waals surface area contributed by atoms with Gasteiger partial charge >= 0.3 is 0 Å². The smallest absolute Gasteiger partial charge is 0.229 e. The molecule has 6 nitrogen and oxygen atoms in total. The second-order valence-electron chi connectivity index (χ2n) is 6.25.